The Bertz CT molecular complexity index is 365. The first kappa shape index (κ1) is 15.0. The van der Waals surface area contributed by atoms with E-state index < -0.39 is 12.3 Å². The highest BCUT2D eigenvalue weighted by atomic mass is 16.5. The van der Waals surface area contributed by atoms with Gasteiger partial charge in [-0.05, 0) is 31.4 Å². The normalized spacial score (nSPS) is 16.4. The zero-order chi connectivity index (χ0) is 13.7. The van der Waals surface area contributed by atoms with Crippen molar-refractivity contribution in [1.29, 1.82) is 0 Å². The van der Waals surface area contributed by atoms with Crippen LogP contribution in [0.4, 0.5) is 0 Å². The van der Waals surface area contributed by atoms with Crippen LogP contribution < -0.4 is 15.8 Å². The Balaban J connectivity index is 2.86. The van der Waals surface area contributed by atoms with Crippen molar-refractivity contribution in [2.75, 3.05) is 0 Å². The molecule has 102 valence electrons. The van der Waals surface area contributed by atoms with E-state index in [4.69, 9.17) is 10.5 Å². The van der Waals surface area contributed by atoms with Gasteiger partial charge in [-0.15, -0.1) is 0 Å². The summed E-state index contributed by atoms with van der Waals surface area (Å²) in [6.07, 6.45) is -1.39. The third-order valence-electron chi connectivity index (χ3n) is 2.66. The molecule has 0 aromatic heterocycles. The third kappa shape index (κ3) is 4.29. The quantitative estimate of drug-likeness (QED) is 0.675. The lowest BCUT2D eigenvalue weighted by atomic mass is 10.0. The van der Waals surface area contributed by atoms with Crippen molar-refractivity contribution < 1.29 is 9.84 Å². The largest absolute Gasteiger partial charge is 0.472 e. The van der Waals surface area contributed by atoms with Gasteiger partial charge in [0, 0.05) is 0 Å². The molecule has 3 unspecified atom stereocenters. The monoisotopic (exact) mass is 252 g/mol. The van der Waals surface area contributed by atoms with Gasteiger partial charge in [0.1, 0.15) is 11.9 Å². The molecule has 0 radical (unpaired) electrons. The van der Waals surface area contributed by atoms with Crippen molar-refractivity contribution in [3.63, 3.8) is 0 Å². The molecule has 4 nitrogen and oxygen atoms in total. The summed E-state index contributed by atoms with van der Waals surface area (Å²) >= 11 is 0. The average Bonchev–Trinajstić information content (AvgIpc) is 2.27. The molecule has 0 fully saturated rings. The van der Waals surface area contributed by atoms with Gasteiger partial charge in [-0.3, -0.25) is 5.32 Å². The predicted molar refractivity (Wildman–Crippen MR) is 73.4 cm³/mol. The Morgan fingerprint density at radius 1 is 1.17 bits per heavy atom. The standard InChI is InChI=1S/C14H24N2O2/c1-9(2)12-7-5-6-8-13(12)18-14(10(3)17)16-11(4)15/h5-11,14,16-17H,15H2,1-4H3. The number of nitrogens with two attached hydrogens (primary N) is 1. The molecule has 1 aromatic carbocycles. The molecule has 0 aliphatic carbocycles. The molecule has 0 aliphatic heterocycles. The highest BCUT2D eigenvalue weighted by Crippen LogP contribution is 2.26. The lowest BCUT2D eigenvalue weighted by molar-refractivity contribution is 0.0202. The Labute approximate surface area is 109 Å². The second kappa shape index (κ2) is 6.73. The fourth-order valence-corrected chi connectivity index (χ4v) is 1.73. The van der Waals surface area contributed by atoms with Gasteiger partial charge in [0.2, 0.25) is 0 Å². The van der Waals surface area contributed by atoms with E-state index in [-0.39, 0.29) is 6.17 Å². The van der Waals surface area contributed by atoms with Gasteiger partial charge in [-0.2, -0.15) is 0 Å². The summed E-state index contributed by atoms with van der Waals surface area (Å²) in [5, 5.41) is 12.7. The van der Waals surface area contributed by atoms with Crippen molar-refractivity contribution >= 4 is 0 Å². The van der Waals surface area contributed by atoms with Crippen LogP contribution in [-0.2, 0) is 0 Å². The van der Waals surface area contributed by atoms with Crippen LogP contribution in [0.5, 0.6) is 5.75 Å². The van der Waals surface area contributed by atoms with Gasteiger partial charge in [0.15, 0.2) is 6.23 Å². The first-order valence-electron chi connectivity index (χ1n) is 6.37. The fourth-order valence-electron chi connectivity index (χ4n) is 1.73. The molecule has 0 saturated heterocycles. The van der Waals surface area contributed by atoms with Crippen LogP contribution >= 0.6 is 0 Å². The maximum absolute atomic E-state index is 9.71. The maximum Gasteiger partial charge on any atom is 0.177 e. The van der Waals surface area contributed by atoms with Crippen LogP contribution in [-0.4, -0.2) is 23.6 Å². The zero-order valence-corrected chi connectivity index (χ0v) is 11.6. The fraction of sp³-hybridized carbons (Fsp3) is 0.571. The molecular formula is C14H24N2O2. The van der Waals surface area contributed by atoms with Gasteiger partial charge in [-0.1, -0.05) is 32.0 Å². The predicted octanol–water partition coefficient (Wildman–Crippen LogP) is 1.79. The minimum Gasteiger partial charge on any atom is -0.472 e. The van der Waals surface area contributed by atoms with Crippen LogP contribution in [0.15, 0.2) is 24.3 Å². The molecule has 0 saturated carbocycles. The number of hydrogen-bond acceptors (Lipinski definition) is 4. The summed E-state index contributed by atoms with van der Waals surface area (Å²) in [5.74, 6) is 1.15. The zero-order valence-electron chi connectivity index (χ0n) is 11.6. The first-order chi connectivity index (χ1) is 8.41. The number of aliphatic hydroxyl groups excluding tert-OH is 1. The van der Waals surface area contributed by atoms with E-state index in [0.29, 0.717) is 5.92 Å². The lowest BCUT2D eigenvalue weighted by Crippen LogP contribution is -2.50. The molecule has 3 atom stereocenters. The van der Waals surface area contributed by atoms with E-state index in [1.165, 1.54) is 0 Å². The number of benzene rings is 1. The highest BCUT2D eigenvalue weighted by Gasteiger charge is 2.19. The number of ether oxygens (including phenoxy) is 1. The topological polar surface area (TPSA) is 67.5 Å². The van der Waals surface area contributed by atoms with Gasteiger partial charge in [0.25, 0.3) is 0 Å². The smallest absolute Gasteiger partial charge is 0.177 e. The number of rotatable bonds is 6. The van der Waals surface area contributed by atoms with E-state index >= 15 is 0 Å². The molecule has 0 spiro atoms. The summed E-state index contributed by atoms with van der Waals surface area (Å²) in [5.41, 5.74) is 6.80. The second-order valence-electron chi connectivity index (χ2n) is 4.93. The summed E-state index contributed by atoms with van der Waals surface area (Å²) in [6.45, 7) is 7.71. The van der Waals surface area contributed by atoms with Gasteiger partial charge < -0.3 is 15.6 Å². The molecule has 4 heteroatoms. The molecule has 0 bridgehead atoms. The van der Waals surface area contributed by atoms with E-state index in [2.05, 4.69) is 19.2 Å². The Hall–Kier alpha value is -1.10. The maximum atomic E-state index is 9.71. The molecule has 1 aromatic rings. The van der Waals surface area contributed by atoms with Crippen molar-refractivity contribution in [2.45, 2.75) is 52.1 Å². The lowest BCUT2D eigenvalue weighted by Gasteiger charge is -2.26. The Morgan fingerprint density at radius 2 is 1.78 bits per heavy atom. The summed E-state index contributed by atoms with van der Waals surface area (Å²) in [6, 6.07) is 7.85. The third-order valence-corrected chi connectivity index (χ3v) is 2.66. The summed E-state index contributed by atoms with van der Waals surface area (Å²) < 4.78 is 5.84. The minimum absolute atomic E-state index is 0.240. The van der Waals surface area contributed by atoms with Crippen LogP contribution in [0.3, 0.4) is 0 Å². The Kier molecular flexibility index (Phi) is 5.59. The molecule has 18 heavy (non-hydrogen) atoms. The first-order valence-corrected chi connectivity index (χ1v) is 6.37. The number of para-hydroxylation sites is 1. The van der Waals surface area contributed by atoms with Crippen LogP contribution in [0.1, 0.15) is 39.2 Å². The number of aliphatic hydroxyl groups is 1. The molecule has 1 rings (SSSR count). The summed E-state index contributed by atoms with van der Waals surface area (Å²) in [7, 11) is 0. The van der Waals surface area contributed by atoms with Crippen molar-refractivity contribution in [2.24, 2.45) is 5.73 Å². The van der Waals surface area contributed by atoms with E-state index in [1.54, 1.807) is 6.92 Å². The SMILES string of the molecule is CC(N)NC(Oc1ccccc1C(C)C)C(C)O. The molecule has 0 heterocycles. The van der Waals surface area contributed by atoms with E-state index in [0.717, 1.165) is 11.3 Å². The van der Waals surface area contributed by atoms with Gasteiger partial charge in [-0.25, -0.2) is 0 Å². The molecule has 0 amide bonds. The molecule has 4 N–H and O–H groups in total. The average molecular weight is 252 g/mol. The molecular weight excluding hydrogens is 228 g/mol. The van der Waals surface area contributed by atoms with Gasteiger partial charge >= 0.3 is 0 Å². The van der Waals surface area contributed by atoms with Crippen molar-refractivity contribution in [3.8, 4) is 5.75 Å². The van der Waals surface area contributed by atoms with Crippen LogP contribution in [0, 0.1) is 0 Å². The minimum atomic E-state index is -0.642. The van der Waals surface area contributed by atoms with Gasteiger partial charge in [0.05, 0.1) is 6.17 Å². The van der Waals surface area contributed by atoms with Crippen LogP contribution in [0.2, 0.25) is 0 Å². The van der Waals surface area contributed by atoms with Crippen molar-refractivity contribution in [3.05, 3.63) is 29.8 Å². The van der Waals surface area contributed by atoms with E-state index in [1.807, 2.05) is 31.2 Å². The molecule has 0 aliphatic rings. The second-order valence-corrected chi connectivity index (χ2v) is 4.93. The summed E-state index contributed by atoms with van der Waals surface area (Å²) in [4.78, 5) is 0. The van der Waals surface area contributed by atoms with E-state index in [9.17, 15) is 5.11 Å². The van der Waals surface area contributed by atoms with Crippen molar-refractivity contribution in [1.82, 2.24) is 5.32 Å². The number of nitrogens with one attached hydrogen (secondary N) is 1. The number of hydrogen-bond donors (Lipinski definition) is 3. The van der Waals surface area contributed by atoms with Crippen LogP contribution in [0.25, 0.3) is 0 Å². The highest BCUT2D eigenvalue weighted by molar-refractivity contribution is 5.35. The Morgan fingerprint density at radius 3 is 2.28 bits per heavy atom.